The molecule has 0 saturated heterocycles. The molecule has 1 N–H and O–H groups in total. The summed E-state index contributed by atoms with van der Waals surface area (Å²) < 4.78 is 5.90. The van der Waals surface area contributed by atoms with Crippen LogP contribution in [0.1, 0.15) is 5.56 Å². The van der Waals surface area contributed by atoms with Crippen LogP contribution in [0.4, 0.5) is 5.00 Å². The first kappa shape index (κ1) is 9.66. The fourth-order valence-electron chi connectivity index (χ4n) is 1.84. The van der Waals surface area contributed by atoms with Crippen molar-refractivity contribution in [2.24, 2.45) is 0 Å². The summed E-state index contributed by atoms with van der Waals surface area (Å²) in [4.78, 5) is 4.11. The van der Waals surface area contributed by atoms with Gasteiger partial charge in [0.1, 0.15) is 11.1 Å². The summed E-state index contributed by atoms with van der Waals surface area (Å²) in [5, 5.41) is 6.57. The van der Waals surface area contributed by atoms with E-state index in [2.05, 4.69) is 16.4 Å². The summed E-state index contributed by atoms with van der Waals surface area (Å²) in [5.74, 6) is 0.977. The maximum Gasteiger partial charge on any atom is 0.154 e. The monoisotopic (exact) mass is 232 g/mol. The second-order valence-electron chi connectivity index (χ2n) is 3.80. The largest absolute Gasteiger partial charge is 0.485 e. The molecule has 1 atom stereocenters. The molecule has 2 aromatic heterocycles. The lowest BCUT2D eigenvalue weighted by atomic mass is 10.1. The molecule has 82 valence electrons. The van der Waals surface area contributed by atoms with Crippen LogP contribution in [0.15, 0.2) is 36.0 Å². The summed E-state index contributed by atoms with van der Waals surface area (Å²) in [6, 6.07) is 6.06. The van der Waals surface area contributed by atoms with E-state index < -0.39 is 0 Å². The maximum atomic E-state index is 5.90. The van der Waals surface area contributed by atoms with E-state index in [0.29, 0.717) is 0 Å². The number of pyridine rings is 1. The minimum absolute atomic E-state index is 0.200. The molecule has 2 aromatic rings. The van der Waals surface area contributed by atoms with E-state index in [9.17, 15) is 0 Å². The highest BCUT2D eigenvalue weighted by molar-refractivity contribution is 7.14. The average molecular weight is 232 g/mol. The Hall–Kier alpha value is -1.55. The molecule has 0 aromatic carbocycles. The number of nitrogens with zero attached hydrogens (tertiary/aromatic N) is 1. The Labute approximate surface area is 98.1 Å². The van der Waals surface area contributed by atoms with Crippen LogP contribution in [0, 0.1) is 0 Å². The zero-order valence-electron chi connectivity index (χ0n) is 8.72. The first-order valence-electron chi connectivity index (χ1n) is 5.29. The van der Waals surface area contributed by atoms with E-state index in [1.807, 2.05) is 23.7 Å². The predicted molar refractivity (Wildman–Crippen MR) is 65.2 cm³/mol. The molecule has 0 aliphatic carbocycles. The van der Waals surface area contributed by atoms with Gasteiger partial charge in [-0.05, 0) is 23.1 Å². The molecule has 16 heavy (non-hydrogen) atoms. The van der Waals surface area contributed by atoms with Gasteiger partial charge in [-0.2, -0.15) is 0 Å². The van der Waals surface area contributed by atoms with E-state index in [-0.39, 0.29) is 6.10 Å². The molecule has 3 nitrogen and oxygen atoms in total. The smallest absolute Gasteiger partial charge is 0.154 e. The lowest BCUT2D eigenvalue weighted by Crippen LogP contribution is -2.31. The molecule has 0 radical (unpaired) electrons. The molecular formula is C12H12N2OS. The Balaban J connectivity index is 1.71. The standard InChI is InChI=1S/C12H12N2OS/c1-2-9(7-13-4-1)6-10-8-14-12-11(15-10)3-5-16-12/h1-5,7,10,14H,6,8H2. The molecule has 0 fully saturated rings. The van der Waals surface area contributed by atoms with E-state index in [1.54, 1.807) is 17.5 Å². The highest BCUT2D eigenvalue weighted by Crippen LogP contribution is 2.34. The van der Waals surface area contributed by atoms with Crippen LogP contribution in [0.2, 0.25) is 0 Å². The molecule has 1 aliphatic heterocycles. The molecule has 0 amide bonds. The molecule has 1 aliphatic rings. The normalized spacial score (nSPS) is 18.4. The maximum absolute atomic E-state index is 5.90. The van der Waals surface area contributed by atoms with Crippen LogP contribution in [0.25, 0.3) is 0 Å². The summed E-state index contributed by atoms with van der Waals surface area (Å²) in [6.45, 7) is 0.863. The number of rotatable bonds is 2. The van der Waals surface area contributed by atoms with Crippen molar-refractivity contribution in [2.45, 2.75) is 12.5 Å². The minimum Gasteiger partial charge on any atom is -0.485 e. The van der Waals surface area contributed by atoms with Crippen molar-refractivity contribution in [3.8, 4) is 5.75 Å². The van der Waals surface area contributed by atoms with Crippen molar-refractivity contribution < 1.29 is 4.74 Å². The first-order chi connectivity index (χ1) is 7.92. The van der Waals surface area contributed by atoms with Crippen LogP contribution >= 0.6 is 11.3 Å². The van der Waals surface area contributed by atoms with Crippen LogP contribution < -0.4 is 10.1 Å². The fraction of sp³-hybridized carbons (Fsp3) is 0.250. The van der Waals surface area contributed by atoms with Gasteiger partial charge in [-0.1, -0.05) is 6.07 Å². The molecule has 0 spiro atoms. The van der Waals surface area contributed by atoms with Crippen LogP contribution in [-0.4, -0.2) is 17.6 Å². The van der Waals surface area contributed by atoms with Crippen molar-refractivity contribution in [2.75, 3.05) is 11.9 Å². The van der Waals surface area contributed by atoms with Gasteiger partial charge >= 0.3 is 0 Å². The van der Waals surface area contributed by atoms with Crippen LogP contribution in [0.5, 0.6) is 5.75 Å². The van der Waals surface area contributed by atoms with Gasteiger partial charge in [-0.3, -0.25) is 4.98 Å². The molecule has 0 bridgehead atoms. The number of aromatic nitrogens is 1. The van der Waals surface area contributed by atoms with Crippen molar-refractivity contribution in [3.05, 3.63) is 41.5 Å². The van der Waals surface area contributed by atoms with Gasteiger partial charge in [0.05, 0.1) is 6.54 Å². The number of nitrogens with one attached hydrogen (secondary N) is 1. The molecule has 0 saturated carbocycles. The molecule has 1 unspecified atom stereocenters. The number of thiophene rings is 1. The van der Waals surface area contributed by atoms with E-state index in [4.69, 9.17) is 4.74 Å². The number of anilines is 1. The third kappa shape index (κ3) is 1.88. The van der Waals surface area contributed by atoms with Crippen molar-refractivity contribution in [1.82, 2.24) is 4.98 Å². The highest BCUT2D eigenvalue weighted by Gasteiger charge is 2.20. The Morgan fingerprint density at radius 1 is 1.50 bits per heavy atom. The van der Waals surface area contributed by atoms with Gasteiger partial charge in [0, 0.05) is 18.8 Å². The number of fused-ring (bicyclic) bond motifs is 1. The third-order valence-electron chi connectivity index (χ3n) is 2.60. The number of ether oxygens (including phenoxy) is 1. The van der Waals surface area contributed by atoms with Crippen LogP contribution in [0.3, 0.4) is 0 Å². The zero-order chi connectivity index (χ0) is 10.8. The van der Waals surface area contributed by atoms with Gasteiger partial charge in [0.25, 0.3) is 0 Å². The Kier molecular flexibility index (Phi) is 2.50. The summed E-state index contributed by atoms with van der Waals surface area (Å²) in [7, 11) is 0. The Morgan fingerprint density at radius 3 is 3.38 bits per heavy atom. The van der Waals surface area contributed by atoms with Gasteiger partial charge < -0.3 is 10.1 Å². The van der Waals surface area contributed by atoms with Crippen molar-refractivity contribution >= 4 is 16.3 Å². The Morgan fingerprint density at radius 2 is 2.50 bits per heavy atom. The number of hydrogen-bond donors (Lipinski definition) is 1. The van der Waals surface area contributed by atoms with Gasteiger partial charge in [-0.15, -0.1) is 11.3 Å². The lowest BCUT2D eigenvalue weighted by Gasteiger charge is -2.25. The topological polar surface area (TPSA) is 34.2 Å². The summed E-state index contributed by atoms with van der Waals surface area (Å²) in [5.41, 5.74) is 1.22. The van der Waals surface area contributed by atoms with Gasteiger partial charge in [0.15, 0.2) is 5.75 Å². The third-order valence-corrected chi connectivity index (χ3v) is 3.45. The molecular weight excluding hydrogens is 220 g/mol. The minimum atomic E-state index is 0.200. The zero-order valence-corrected chi connectivity index (χ0v) is 9.54. The second-order valence-corrected chi connectivity index (χ2v) is 4.72. The van der Waals surface area contributed by atoms with Crippen molar-refractivity contribution in [1.29, 1.82) is 0 Å². The number of hydrogen-bond acceptors (Lipinski definition) is 4. The molecule has 3 heterocycles. The predicted octanol–water partition coefficient (Wildman–Crippen LogP) is 2.56. The van der Waals surface area contributed by atoms with Crippen LogP contribution in [-0.2, 0) is 6.42 Å². The van der Waals surface area contributed by atoms with Crippen molar-refractivity contribution in [3.63, 3.8) is 0 Å². The summed E-state index contributed by atoms with van der Waals surface area (Å²) >= 11 is 1.69. The summed E-state index contributed by atoms with van der Waals surface area (Å²) in [6.07, 6.45) is 4.79. The lowest BCUT2D eigenvalue weighted by molar-refractivity contribution is 0.207. The van der Waals surface area contributed by atoms with E-state index in [0.717, 1.165) is 23.7 Å². The second kappa shape index (κ2) is 4.14. The fourth-order valence-corrected chi connectivity index (χ4v) is 2.57. The van der Waals surface area contributed by atoms with Gasteiger partial charge in [-0.25, -0.2) is 0 Å². The van der Waals surface area contributed by atoms with E-state index >= 15 is 0 Å². The Bertz CT molecular complexity index is 469. The first-order valence-corrected chi connectivity index (χ1v) is 6.17. The quantitative estimate of drug-likeness (QED) is 0.864. The molecule has 3 rings (SSSR count). The van der Waals surface area contributed by atoms with E-state index in [1.165, 1.54) is 5.56 Å². The van der Waals surface area contributed by atoms with Gasteiger partial charge in [0.2, 0.25) is 0 Å². The average Bonchev–Trinajstić information content (AvgIpc) is 2.77. The highest BCUT2D eigenvalue weighted by atomic mass is 32.1. The molecule has 4 heteroatoms. The SMILES string of the molecule is c1cncc(CC2CNc3sccc3O2)c1.